The molecule has 0 spiro atoms. The standard InChI is InChI=1S/C16H19NO/c18-16(9-4-10-16)12-17-11-14-7-3-6-13-5-1-2-8-15(13)14/h1-3,5-8,17-18H,4,9-12H2. The van der Waals surface area contributed by atoms with E-state index in [0.29, 0.717) is 6.54 Å². The van der Waals surface area contributed by atoms with Crippen LogP contribution in [-0.2, 0) is 6.54 Å². The van der Waals surface area contributed by atoms with Gasteiger partial charge in [-0.2, -0.15) is 0 Å². The van der Waals surface area contributed by atoms with Gasteiger partial charge in [0.25, 0.3) is 0 Å². The number of benzene rings is 2. The smallest absolute Gasteiger partial charge is 0.0771 e. The maximum absolute atomic E-state index is 10.0. The predicted octanol–water partition coefficient (Wildman–Crippen LogP) is 2.84. The minimum Gasteiger partial charge on any atom is -0.389 e. The van der Waals surface area contributed by atoms with E-state index in [2.05, 4.69) is 47.8 Å². The lowest BCUT2D eigenvalue weighted by Gasteiger charge is -2.36. The Hall–Kier alpha value is -1.38. The molecule has 2 aromatic carbocycles. The highest BCUT2D eigenvalue weighted by atomic mass is 16.3. The molecule has 2 nitrogen and oxygen atoms in total. The van der Waals surface area contributed by atoms with Crippen molar-refractivity contribution in [2.45, 2.75) is 31.4 Å². The second-order valence-corrected chi connectivity index (χ2v) is 5.32. The highest BCUT2D eigenvalue weighted by molar-refractivity contribution is 5.85. The zero-order valence-corrected chi connectivity index (χ0v) is 10.5. The summed E-state index contributed by atoms with van der Waals surface area (Å²) < 4.78 is 0. The van der Waals surface area contributed by atoms with Crippen LogP contribution in [0, 0.1) is 0 Å². The summed E-state index contributed by atoms with van der Waals surface area (Å²) in [4.78, 5) is 0. The van der Waals surface area contributed by atoms with E-state index >= 15 is 0 Å². The van der Waals surface area contributed by atoms with Crippen LogP contribution in [0.3, 0.4) is 0 Å². The molecule has 2 heteroatoms. The first-order valence-electron chi connectivity index (χ1n) is 6.67. The van der Waals surface area contributed by atoms with E-state index in [-0.39, 0.29) is 0 Å². The van der Waals surface area contributed by atoms with Crippen LogP contribution in [0.4, 0.5) is 0 Å². The summed E-state index contributed by atoms with van der Waals surface area (Å²) in [5, 5.41) is 16.0. The fraction of sp³-hybridized carbons (Fsp3) is 0.375. The molecule has 0 unspecified atom stereocenters. The zero-order valence-electron chi connectivity index (χ0n) is 10.5. The molecule has 1 aliphatic carbocycles. The molecular formula is C16H19NO. The van der Waals surface area contributed by atoms with Crippen LogP contribution < -0.4 is 5.32 Å². The Bertz CT molecular complexity index is 540. The predicted molar refractivity (Wildman–Crippen MR) is 74.5 cm³/mol. The van der Waals surface area contributed by atoms with Crippen molar-refractivity contribution in [1.29, 1.82) is 0 Å². The normalized spacial score (nSPS) is 17.6. The van der Waals surface area contributed by atoms with Gasteiger partial charge in [-0.05, 0) is 35.6 Å². The highest BCUT2D eigenvalue weighted by Gasteiger charge is 2.33. The van der Waals surface area contributed by atoms with Crippen LogP contribution in [0.25, 0.3) is 10.8 Å². The van der Waals surface area contributed by atoms with Gasteiger partial charge in [0.2, 0.25) is 0 Å². The molecule has 1 aliphatic rings. The summed E-state index contributed by atoms with van der Waals surface area (Å²) in [5.74, 6) is 0. The lowest BCUT2D eigenvalue weighted by Crippen LogP contribution is -2.45. The number of fused-ring (bicyclic) bond motifs is 1. The molecule has 18 heavy (non-hydrogen) atoms. The molecule has 0 bridgehead atoms. The van der Waals surface area contributed by atoms with Gasteiger partial charge in [-0.25, -0.2) is 0 Å². The van der Waals surface area contributed by atoms with Gasteiger partial charge in [-0.15, -0.1) is 0 Å². The van der Waals surface area contributed by atoms with Gasteiger partial charge >= 0.3 is 0 Å². The van der Waals surface area contributed by atoms with Crippen LogP contribution in [0.15, 0.2) is 42.5 Å². The Morgan fingerprint density at radius 3 is 2.61 bits per heavy atom. The number of aliphatic hydroxyl groups is 1. The minimum absolute atomic E-state index is 0.440. The Labute approximate surface area is 108 Å². The summed E-state index contributed by atoms with van der Waals surface area (Å²) in [6.07, 6.45) is 3.04. The van der Waals surface area contributed by atoms with Crippen LogP contribution in [-0.4, -0.2) is 17.3 Å². The van der Waals surface area contributed by atoms with Crippen molar-refractivity contribution >= 4 is 10.8 Å². The van der Waals surface area contributed by atoms with Crippen molar-refractivity contribution in [3.63, 3.8) is 0 Å². The molecule has 0 atom stereocenters. The monoisotopic (exact) mass is 241 g/mol. The molecule has 3 rings (SSSR count). The number of hydrogen-bond donors (Lipinski definition) is 2. The minimum atomic E-state index is -0.440. The first-order valence-corrected chi connectivity index (χ1v) is 6.67. The van der Waals surface area contributed by atoms with E-state index in [1.54, 1.807) is 0 Å². The van der Waals surface area contributed by atoms with E-state index in [9.17, 15) is 5.11 Å². The van der Waals surface area contributed by atoms with Crippen LogP contribution in [0.1, 0.15) is 24.8 Å². The lowest BCUT2D eigenvalue weighted by molar-refractivity contribution is -0.0314. The highest BCUT2D eigenvalue weighted by Crippen LogP contribution is 2.30. The Balaban J connectivity index is 1.70. The number of hydrogen-bond acceptors (Lipinski definition) is 2. The van der Waals surface area contributed by atoms with E-state index in [4.69, 9.17) is 0 Å². The molecule has 0 amide bonds. The molecule has 0 aromatic heterocycles. The average Bonchev–Trinajstić information content (AvgIpc) is 2.37. The van der Waals surface area contributed by atoms with Gasteiger partial charge in [0.15, 0.2) is 0 Å². The lowest BCUT2D eigenvalue weighted by atomic mass is 9.80. The third kappa shape index (κ3) is 2.26. The van der Waals surface area contributed by atoms with Gasteiger partial charge in [0.05, 0.1) is 5.60 Å². The van der Waals surface area contributed by atoms with E-state index in [1.165, 1.54) is 16.3 Å². The van der Waals surface area contributed by atoms with E-state index in [0.717, 1.165) is 25.8 Å². The molecule has 94 valence electrons. The van der Waals surface area contributed by atoms with Gasteiger partial charge in [-0.3, -0.25) is 0 Å². The molecule has 0 heterocycles. The van der Waals surface area contributed by atoms with Crippen molar-refractivity contribution in [3.8, 4) is 0 Å². The average molecular weight is 241 g/mol. The van der Waals surface area contributed by atoms with Gasteiger partial charge < -0.3 is 10.4 Å². The molecule has 0 radical (unpaired) electrons. The largest absolute Gasteiger partial charge is 0.389 e. The third-order valence-corrected chi connectivity index (χ3v) is 3.93. The number of nitrogens with one attached hydrogen (secondary N) is 1. The van der Waals surface area contributed by atoms with Gasteiger partial charge in [-0.1, -0.05) is 42.5 Å². The Morgan fingerprint density at radius 2 is 1.83 bits per heavy atom. The topological polar surface area (TPSA) is 32.3 Å². The van der Waals surface area contributed by atoms with E-state index in [1.807, 2.05) is 0 Å². The van der Waals surface area contributed by atoms with Gasteiger partial charge in [0, 0.05) is 13.1 Å². The third-order valence-electron chi connectivity index (χ3n) is 3.93. The SMILES string of the molecule is OC1(CNCc2cccc3ccccc23)CCC1. The van der Waals surface area contributed by atoms with Crippen molar-refractivity contribution in [2.24, 2.45) is 0 Å². The van der Waals surface area contributed by atoms with Crippen LogP contribution >= 0.6 is 0 Å². The molecule has 2 N–H and O–H groups in total. The Kier molecular flexibility index (Phi) is 3.06. The summed E-state index contributed by atoms with van der Waals surface area (Å²) in [5.41, 5.74) is 0.862. The molecule has 1 saturated carbocycles. The number of rotatable bonds is 4. The molecule has 0 aliphatic heterocycles. The summed E-state index contributed by atoms with van der Waals surface area (Å²) in [6, 6.07) is 14.8. The maximum Gasteiger partial charge on any atom is 0.0771 e. The molecule has 0 saturated heterocycles. The zero-order chi connectivity index (χ0) is 12.4. The van der Waals surface area contributed by atoms with Gasteiger partial charge in [0.1, 0.15) is 0 Å². The van der Waals surface area contributed by atoms with Crippen molar-refractivity contribution < 1.29 is 5.11 Å². The Morgan fingerprint density at radius 1 is 1.06 bits per heavy atom. The first kappa shape index (κ1) is 11.7. The fourth-order valence-electron chi connectivity index (χ4n) is 2.64. The second-order valence-electron chi connectivity index (χ2n) is 5.32. The van der Waals surface area contributed by atoms with Crippen LogP contribution in [0.2, 0.25) is 0 Å². The molecule has 1 fully saturated rings. The first-order chi connectivity index (χ1) is 8.77. The quantitative estimate of drug-likeness (QED) is 0.862. The molecule has 2 aromatic rings. The summed E-state index contributed by atoms with van der Waals surface area (Å²) >= 11 is 0. The maximum atomic E-state index is 10.0. The van der Waals surface area contributed by atoms with E-state index < -0.39 is 5.60 Å². The van der Waals surface area contributed by atoms with Crippen molar-refractivity contribution in [3.05, 3.63) is 48.0 Å². The fourth-order valence-corrected chi connectivity index (χ4v) is 2.64. The van der Waals surface area contributed by atoms with Crippen molar-refractivity contribution in [2.75, 3.05) is 6.54 Å². The summed E-state index contributed by atoms with van der Waals surface area (Å²) in [7, 11) is 0. The van der Waals surface area contributed by atoms with Crippen molar-refractivity contribution in [1.82, 2.24) is 5.32 Å². The second kappa shape index (κ2) is 4.71. The van der Waals surface area contributed by atoms with Crippen LogP contribution in [0.5, 0.6) is 0 Å². The molecular weight excluding hydrogens is 222 g/mol. The summed E-state index contributed by atoms with van der Waals surface area (Å²) in [6.45, 7) is 1.53.